The van der Waals surface area contributed by atoms with Crippen molar-refractivity contribution >= 4 is 5.97 Å². The average molecular weight is 215 g/mol. The summed E-state index contributed by atoms with van der Waals surface area (Å²) in [5.74, 6) is -0.250. The lowest BCUT2D eigenvalue weighted by Crippen LogP contribution is -2.41. The van der Waals surface area contributed by atoms with Crippen LogP contribution >= 0.6 is 0 Å². The van der Waals surface area contributed by atoms with Crippen molar-refractivity contribution in [1.29, 1.82) is 0 Å². The Morgan fingerprint density at radius 3 is 2.73 bits per heavy atom. The van der Waals surface area contributed by atoms with Crippen molar-refractivity contribution in [1.82, 2.24) is 4.90 Å². The largest absolute Gasteiger partial charge is 0.469 e. The van der Waals surface area contributed by atoms with E-state index in [1.54, 1.807) is 0 Å². The van der Waals surface area contributed by atoms with Gasteiger partial charge in [0.2, 0.25) is 0 Å². The molecule has 15 heavy (non-hydrogen) atoms. The van der Waals surface area contributed by atoms with Gasteiger partial charge < -0.3 is 14.7 Å². The summed E-state index contributed by atoms with van der Waals surface area (Å²) in [7, 11) is 3.40. The number of rotatable bonds is 6. The molecule has 88 valence electrons. The third-order valence-electron chi connectivity index (χ3n) is 3.11. The Labute approximate surface area is 91.2 Å². The Morgan fingerprint density at radius 1 is 1.60 bits per heavy atom. The number of ether oxygens (including phenoxy) is 1. The Bertz CT molecular complexity index is 204. The topological polar surface area (TPSA) is 49.8 Å². The van der Waals surface area contributed by atoms with Gasteiger partial charge >= 0.3 is 5.97 Å². The molecule has 0 amide bonds. The van der Waals surface area contributed by atoms with Gasteiger partial charge in [0.25, 0.3) is 0 Å². The van der Waals surface area contributed by atoms with Crippen LogP contribution in [-0.4, -0.2) is 48.8 Å². The molecule has 0 aromatic carbocycles. The Balaban J connectivity index is 2.11. The predicted molar refractivity (Wildman–Crippen MR) is 57.5 cm³/mol. The summed E-state index contributed by atoms with van der Waals surface area (Å²) in [6.07, 6.45) is 4.14. The minimum atomic E-state index is -0.422. The van der Waals surface area contributed by atoms with E-state index in [9.17, 15) is 9.90 Å². The first-order valence-electron chi connectivity index (χ1n) is 5.58. The standard InChI is InChI=1S/C11H21NO3/c1-12(9-4-3-5-9)8-10(13)6-7-11(14)15-2/h9-10,13H,3-8H2,1-2H3. The molecular weight excluding hydrogens is 194 g/mol. The highest BCUT2D eigenvalue weighted by Crippen LogP contribution is 2.23. The summed E-state index contributed by atoms with van der Waals surface area (Å²) in [6.45, 7) is 0.654. The maximum Gasteiger partial charge on any atom is 0.305 e. The molecule has 0 saturated heterocycles. The van der Waals surface area contributed by atoms with E-state index in [-0.39, 0.29) is 5.97 Å². The second kappa shape index (κ2) is 6.08. The lowest BCUT2D eigenvalue weighted by atomic mass is 9.91. The lowest BCUT2D eigenvalue weighted by molar-refractivity contribution is -0.141. The molecule has 1 N–H and O–H groups in total. The molecule has 1 rings (SSSR count). The zero-order chi connectivity index (χ0) is 11.3. The maximum atomic E-state index is 10.9. The highest BCUT2D eigenvalue weighted by Gasteiger charge is 2.23. The smallest absolute Gasteiger partial charge is 0.305 e. The van der Waals surface area contributed by atoms with E-state index in [1.165, 1.54) is 26.4 Å². The fourth-order valence-corrected chi connectivity index (χ4v) is 1.79. The van der Waals surface area contributed by atoms with Crippen LogP contribution in [0, 0.1) is 0 Å². The van der Waals surface area contributed by atoms with Crippen LogP contribution in [0.25, 0.3) is 0 Å². The third-order valence-corrected chi connectivity index (χ3v) is 3.11. The number of carbonyl (C=O) groups is 1. The molecule has 1 fully saturated rings. The van der Waals surface area contributed by atoms with E-state index >= 15 is 0 Å². The van der Waals surface area contributed by atoms with Crippen LogP contribution in [0.3, 0.4) is 0 Å². The average Bonchev–Trinajstić information content (AvgIpc) is 2.11. The van der Waals surface area contributed by atoms with Gasteiger partial charge in [0.1, 0.15) is 0 Å². The third kappa shape index (κ3) is 4.18. The minimum absolute atomic E-state index is 0.250. The monoisotopic (exact) mass is 215 g/mol. The van der Waals surface area contributed by atoms with Gasteiger partial charge in [-0.05, 0) is 26.3 Å². The summed E-state index contributed by atoms with van der Waals surface area (Å²) in [5, 5.41) is 9.68. The first-order chi connectivity index (χ1) is 7.13. The molecule has 4 nitrogen and oxygen atoms in total. The first kappa shape index (κ1) is 12.5. The van der Waals surface area contributed by atoms with Crippen LogP contribution in [0.4, 0.5) is 0 Å². The number of aliphatic hydroxyl groups excluding tert-OH is 1. The molecule has 0 heterocycles. The van der Waals surface area contributed by atoms with Gasteiger partial charge in [-0.3, -0.25) is 4.79 Å². The zero-order valence-corrected chi connectivity index (χ0v) is 9.61. The first-order valence-corrected chi connectivity index (χ1v) is 5.58. The van der Waals surface area contributed by atoms with Crippen LogP contribution < -0.4 is 0 Å². The Kier molecular flexibility index (Phi) is 5.05. The number of hydrogen-bond donors (Lipinski definition) is 1. The van der Waals surface area contributed by atoms with Crippen molar-refractivity contribution in [3.05, 3.63) is 0 Å². The maximum absolute atomic E-state index is 10.9. The van der Waals surface area contributed by atoms with Crippen molar-refractivity contribution in [2.75, 3.05) is 20.7 Å². The van der Waals surface area contributed by atoms with Crippen LogP contribution in [0.1, 0.15) is 32.1 Å². The van der Waals surface area contributed by atoms with Gasteiger partial charge in [-0.25, -0.2) is 0 Å². The van der Waals surface area contributed by atoms with Crippen molar-refractivity contribution in [3.8, 4) is 0 Å². The van der Waals surface area contributed by atoms with E-state index in [2.05, 4.69) is 9.64 Å². The summed E-state index contributed by atoms with van der Waals surface area (Å²) >= 11 is 0. The number of hydrogen-bond acceptors (Lipinski definition) is 4. The lowest BCUT2D eigenvalue weighted by Gasteiger charge is -2.35. The number of esters is 1. The van der Waals surface area contributed by atoms with E-state index in [1.807, 2.05) is 7.05 Å². The summed E-state index contributed by atoms with van der Waals surface area (Å²) < 4.78 is 4.52. The molecule has 0 aromatic heterocycles. The number of carbonyl (C=O) groups excluding carboxylic acids is 1. The van der Waals surface area contributed by atoms with Crippen molar-refractivity contribution in [3.63, 3.8) is 0 Å². The SMILES string of the molecule is COC(=O)CCC(O)CN(C)C1CCC1. The molecule has 1 unspecified atom stereocenters. The highest BCUT2D eigenvalue weighted by atomic mass is 16.5. The molecule has 1 aliphatic carbocycles. The number of likely N-dealkylation sites (N-methyl/N-ethyl adjacent to an activating group) is 1. The fourth-order valence-electron chi connectivity index (χ4n) is 1.79. The van der Waals surface area contributed by atoms with Crippen LogP contribution in [0.15, 0.2) is 0 Å². The van der Waals surface area contributed by atoms with E-state index < -0.39 is 6.10 Å². The molecule has 1 atom stereocenters. The highest BCUT2D eigenvalue weighted by molar-refractivity contribution is 5.69. The van der Waals surface area contributed by atoms with Crippen molar-refractivity contribution < 1.29 is 14.6 Å². The van der Waals surface area contributed by atoms with Crippen LogP contribution in [0.5, 0.6) is 0 Å². The van der Waals surface area contributed by atoms with Crippen molar-refractivity contribution in [2.24, 2.45) is 0 Å². The fraction of sp³-hybridized carbons (Fsp3) is 0.909. The quantitative estimate of drug-likeness (QED) is 0.665. The van der Waals surface area contributed by atoms with Crippen LogP contribution in [-0.2, 0) is 9.53 Å². The van der Waals surface area contributed by atoms with Crippen molar-refractivity contribution in [2.45, 2.75) is 44.2 Å². The predicted octanol–water partition coefficient (Wildman–Crippen LogP) is 0.785. The number of methoxy groups -OCH3 is 1. The van der Waals surface area contributed by atoms with Gasteiger partial charge in [-0.1, -0.05) is 6.42 Å². The normalized spacial score (nSPS) is 18.7. The van der Waals surface area contributed by atoms with Gasteiger partial charge in [0.05, 0.1) is 13.2 Å². The summed E-state index contributed by atoms with van der Waals surface area (Å²) in [4.78, 5) is 13.0. The molecule has 1 saturated carbocycles. The zero-order valence-electron chi connectivity index (χ0n) is 9.61. The van der Waals surface area contributed by atoms with Crippen LogP contribution in [0.2, 0.25) is 0 Å². The second-order valence-corrected chi connectivity index (χ2v) is 4.29. The molecule has 1 aliphatic rings. The summed E-state index contributed by atoms with van der Waals surface area (Å²) in [5.41, 5.74) is 0. The number of nitrogens with zero attached hydrogens (tertiary/aromatic N) is 1. The number of aliphatic hydroxyl groups is 1. The van der Waals surface area contributed by atoms with E-state index in [0.717, 1.165) is 0 Å². The molecule has 0 radical (unpaired) electrons. The Hall–Kier alpha value is -0.610. The molecule has 0 aromatic rings. The molecular formula is C11H21NO3. The van der Waals surface area contributed by atoms with E-state index in [0.29, 0.717) is 25.4 Å². The second-order valence-electron chi connectivity index (χ2n) is 4.29. The van der Waals surface area contributed by atoms with Gasteiger partial charge in [-0.15, -0.1) is 0 Å². The molecule has 4 heteroatoms. The minimum Gasteiger partial charge on any atom is -0.469 e. The van der Waals surface area contributed by atoms with E-state index in [4.69, 9.17) is 0 Å². The van der Waals surface area contributed by atoms with Gasteiger partial charge in [0.15, 0.2) is 0 Å². The summed E-state index contributed by atoms with van der Waals surface area (Å²) in [6, 6.07) is 0.637. The van der Waals surface area contributed by atoms with Gasteiger partial charge in [0, 0.05) is 19.0 Å². The van der Waals surface area contributed by atoms with Gasteiger partial charge in [-0.2, -0.15) is 0 Å². The molecule has 0 aliphatic heterocycles. The molecule has 0 spiro atoms. The Morgan fingerprint density at radius 2 is 2.27 bits per heavy atom. The molecule has 0 bridgehead atoms.